The molecule has 0 radical (unpaired) electrons. The average molecular weight is 718 g/mol. The summed E-state index contributed by atoms with van der Waals surface area (Å²) in [4.78, 5) is 19.6. The van der Waals surface area contributed by atoms with Gasteiger partial charge in [-0.2, -0.15) is 0 Å². The van der Waals surface area contributed by atoms with E-state index in [0.29, 0.717) is 23.4 Å². The van der Waals surface area contributed by atoms with E-state index in [4.69, 9.17) is 24.4 Å². The van der Waals surface area contributed by atoms with Gasteiger partial charge in [-0.05, 0) is 52.9 Å². The Kier molecular flexibility index (Phi) is 7.38. The Balaban J connectivity index is 1.03. The number of nitrogens with zero attached hydrogens (tertiary/aromatic N) is 5. The highest BCUT2D eigenvalue weighted by Crippen LogP contribution is 2.40. The summed E-state index contributed by atoms with van der Waals surface area (Å²) < 4.78 is 8.59. The molecule has 0 bridgehead atoms. The van der Waals surface area contributed by atoms with Crippen LogP contribution in [-0.4, -0.2) is 24.5 Å². The number of rotatable bonds is 6. The van der Waals surface area contributed by atoms with Crippen LogP contribution in [0, 0.1) is 0 Å². The van der Waals surface area contributed by atoms with Gasteiger partial charge in [0.25, 0.3) is 0 Å². The quantitative estimate of drug-likeness (QED) is 0.171. The fourth-order valence-corrected chi connectivity index (χ4v) is 7.83. The van der Waals surface area contributed by atoms with Gasteiger partial charge in [0.05, 0.1) is 16.7 Å². The second-order valence-electron chi connectivity index (χ2n) is 13.9. The van der Waals surface area contributed by atoms with Crippen LogP contribution in [0.25, 0.3) is 106 Å². The highest BCUT2D eigenvalue weighted by Gasteiger charge is 2.19. The highest BCUT2D eigenvalue weighted by molar-refractivity contribution is 6.12. The minimum absolute atomic E-state index is 0.610. The second-order valence-corrected chi connectivity index (χ2v) is 13.9. The van der Waals surface area contributed by atoms with Crippen LogP contribution < -0.4 is 0 Å². The van der Waals surface area contributed by atoms with E-state index in [2.05, 4.69) is 108 Å². The summed E-state index contributed by atoms with van der Waals surface area (Å²) in [6, 6.07) is 64.8. The summed E-state index contributed by atoms with van der Waals surface area (Å²) in [5.41, 5.74) is 11.0. The molecule has 11 rings (SSSR count). The molecule has 0 amide bonds. The van der Waals surface area contributed by atoms with Gasteiger partial charge in [-0.3, -0.25) is 0 Å². The molecule has 0 saturated carbocycles. The van der Waals surface area contributed by atoms with Crippen LogP contribution in [0.1, 0.15) is 0 Å². The number of aromatic nitrogens is 5. The third kappa shape index (κ3) is 5.35. The molecule has 11 aromatic rings. The van der Waals surface area contributed by atoms with Crippen molar-refractivity contribution in [3.8, 4) is 62.4 Å². The second kappa shape index (κ2) is 13.0. The molecular weight excluding hydrogens is 687 g/mol. The maximum absolute atomic E-state index is 6.21. The first-order chi connectivity index (χ1) is 27.7. The van der Waals surface area contributed by atoms with Crippen LogP contribution >= 0.6 is 0 Å². The molecule has 0 aliphatic heterocycles. The Morgan fingerprint density at radius 3 is 1.59 bits per heavy atom. The zero-order valence-corrected chi connectivity index (χ0v) is 30.0. The number of para-hydroxylation sites is 3. The molecule has 3 aromatic heterocycles. The van der Waals surface area contributed by atoms with E-state index in [-0.39, 0.29) is 0 Å². The van der Waals surface area contributed by atoms with E-state index >= 15 is 0 Å². The molecule has 262 valence electrons. The molecule has 8 aromatic carbocycles. The lowest BCUT2D eigenvalue weighted by Crippen LogP contribution is -2.00. The number of fused-ring (bicyclic) bond motifs is 5. The zero-order chi connectivity index (χ0) is 37.0. The van der Waals surface area contributed by atoms with Crippen molar-refractivity contribution in [2.45, 2.75) is 0 Å². The molecule has 6 heteroatoms. The summed E-state index contributed by atoms with van der Waals surface area (Å²) in [6.07, 6.45) is 0. The monoisotopic (exact) mass is 717 g/mol. The van der Waals surface area contributed by atoms with Crippen molar-refractivity contribution >= 4 is 43.7 Å². The van der Waals surface area contributed by atoms with Crippen LogP contribution in [0.4, 0.5) is 0 Å². The first-order valence-electron chi connectivity index (χ1n) is 18.6. The Labute approximate surface area is 322 Å². The molecule has 56 heavy (non-hydrogen) atoms. The van der Waals surface area contributed by atoms with E-state index in [1.54, 1.807) is 0 Å². The minimum Gasteiger partial charge on any atom is -0.436 e. The maximum atomic E-state index is 6.21. The zero-order valence-electron chi connectivity index (χ0n) is 30.0. The van der Waals surface area contributed by atoms with Gasteiger partial charge >= 0.3 is 0 Å². The molecule has 0 aliphatic carbocycles. The molecular formula is C50H31N5O. The number of hydrogen-bond donors (Lipinski definition) is 0. The van der Waals surface area contributed by atoms with E-state index in [1.807, 2.05) is 84.9 Å². The Morgan fingerprint density at radius 1 is 0.357 bits per heavy atom. The Morgan fingerprint density at radius 2 is 0.893 bits per heavy atom. The first kappa shape index (κ1) is 31.8. The molecule has 0 aliphatic rings. The molecule has 0 N–H and O–H groups in total. The van der Waals surface area contributed by atoms with Gasteiger partial charge in [0, 0.05) is 38.4 Å². The fraction of sp³-hybridized carbons (Fsp3) is 0. The summed E-state index contributed by atoms with van der Waals surface area (Å²) in [5, 5.41) is 4.69. The van der Waals surface area contributed by atoms with Crippen molar-refractivity contribution in [2.75, 3.05) is 0 Å². The van der Waals surface area contributed by atoms with E-state index < -0.39 is 0 Å². The van der Waals surface area contributed by atoms with Crippen molar-refractivity contribution in [2.24, 2.45) is 0 Å². The van der Waals surface area contributed by atoms with Gasteiger partial charge < -0.3 is 8.98 Å². The smallest absolute Gasteiger partial charge is 0.227 e. The van der Waals surface area contributed by atoms with Gasteiger partial charge in [0.1, 0.15) is 5.52 Å². The standard InChI is InChI=1S/C50H31N5O/c1-3-13-33(14-4-1)47-52-48(34-15-5-2-6-16-34)54-49(53-47)35-25-23-32(24-26-35)37-29-30-44(39-18-8-7-17-38(37)39)55-43-21-11-9-19-40(43)41-28-27-36(31-45(41)55)50-51-42-20-10-12-22-46(42)56-50/h1-31H. The lowest BCUT2D eigenvalue weighted by molar-refractivity contribution is 0.620. The normalized spacial score (nSPS) is 11.6. The third-order valence-electron chi connectivity index (χ3n) is 10.5. The predicted molar refractivity (Wildman–Crippen MR) is 226 cm³/mol. The van der Waals surface area contributed by atoms with Gasteiger partial charge in [0.2, 0.25) is 5.89 Å². The minimum atomic E-state index is 0.610. The van der Waals surface area contributed by atoms with Gasteiger partial charge in [0.15, 0.2) is 23.1 Å². The molecule has 3 heterocycles. The van der Waals surface area contributed by atoms with Crippen LogP contribution in [0.15, 0.2) is 192 Å². The maximum Gasteiger partial charge on any atom is 0.227 e. The number of oxazole rings is 1. The van der Waals surface area contributed by atoms with Gasteiger partial charge in [-0.1, -0.05) is 152 Å². The molecule has 6 nitrogen and oxygen atoms in total. The van der Waals surface area contributed by atoms with Crippen LogP contribution in [0.2, 0.25) is 0 Å². The van der Waals surface area contributed by atoms with Gasteiger partial charge in [-0.25, -0.2) is 19.9 Å². The van der Waals surface area contributed by atoms with E-state index in [0.717, 1.165) is 72.0 Å². The lowest BCUT2D eigenvalue weighted by atomic mass is 9.96. The van der Waals surface area contributed by atoms with E-state index in [1.165, 1.54) is 10.8 Å². The number of benzene rings is 8. The topological polar surface area (TPSA) is 69.6 Å². The molecule has 0 saturated heterocycles. The molecule has 0 spiro atoms. The third-order valence-corrected chi connectivity index (χ3v) is 10.5. The summed E-state index contributed by atoms with van der Waals surface area (Å²) >= 11 is 0. The average Bonchev–Trinajstić information content (AvgIpc) is 3.86. The molecule has 0 unspecified atom stereocenters. The summed E-state index contributed by atoms with van der Waals surface area (Å²) in [5.74, 6) is 2.53. The van der Waals surface area contributed by atoms with Crippen molar-refractivity contribution < 1.29 is 4.42 Å². The van der Waals surface area contributed by atoms with Crippen LogP contribution in [0.3, 0.4) is 0 Å². The van der Waals surface area contributed by atoms with Gasteiger partial charge in [-0.15, -0.1) is 0 Å². The largest absolute Gasteiger partial charge is 0.436 e. The number of hydrogen-bond acceptors (Lipinski definition) is 5. The van der Waals surface area contributed by atoms with Crippen molar-refractivity contribution in [3.05, 3.63) is 188 Å². The lowest BCUT2D eigenvalue weighted by Gasteiger charge is -2.15. The van der Waals surface area contributed by atoms with Crippen molar-refractivity contribution in [1.82, 2.24) is 24.5 Å². The Bertz CT molecular complexity index is 3150. The fourth-order valence-electron chi connectivity index (χ4n) is 7.83. The van der Waals surface area contributed by atoms with Crippen LogP contribution in [-0.2, 0) is 0 Å². The van der Waals surface area contributed by atoms with Crippen molar-refractivity contribution in [1.29, 1.82) is 0 Å². The SMILES string of the molecule is c1ccc(-c2nc(-c3ccccc3)nc(-c3ccc(-c4ccc(-n5c6ccccc6c6ccc(-c7nc8ccccc8o7)cc65)c5ccccc45)cc3)n2)cc1. The molecule has 0 fully saturated rings. The summed E-state index contributed by atoms with van der Waals surface area (Å²) in [7, 11) is 0. The van der Waals surface area contributed by atoms with Crippen molar-refractivity contribution in [3.63, 3.8) is 0 Å². The highest BCUT2D eigenvalue weighted by atomic mass is 16.3. The first-order valence-corrected chi connectivity index (χ1v) is 18.6. The van der Waals surface area contributed by atoms with Crippen LogP contribution in [0.5, 0.6) is 0 Å². The predicted octanol–water partition coefficient (Wildman–Crippen LogP) is 12.6. The molecule has 0 atom stereocenters. The Hall–Kier alpha value is -7.70. The summed E-state index contributed by atoms with van der Waals surface area (Å²) in [6.45, 7) is 0. The van der Waals surface area contributed by atoms with E-state index in [9.17, 15) is 0 Å².